The van der Waals surface area contributed by atoms with Crippen LogP contribution in [0.3, 0.4) is 0 Å². The lowest BCUT2D eigenvalue weighted by Gasteiger charge is -1.96. The Morgan fingerprint density at radius 1 is 1.57 bits per heavy atom. The lowest BCUT2D eigenvalue weighted by Crippen LogP contribution is -1.99. The molecule has 0 spiro atoms. The Hall–Kier alpha value is -1.71. The first-order chi connectivity index (χ1) is 6.90. The van der Waals surface area contributed by atoms with E-state index in [0.29, 0.717) is 0 Å². The van der Waals surface area contributed by atoms with Gasteiger partial charge in [0.05, 0.1) is 18.2 Å². The number of aromatic nitrogens is 2. The van der Waals surface area contributed by atoms with Gasteiger partial charge in [0.15, 0.2) is 0 Å². The van der Waals surface area contributed by atoms with Gasteiger partial charge >= 0.3 is 0 Å². The van der Waals surface area contributed by atoms with Crippen LogP contribution in [0.25, 0.3) is 11.3 Å². The lowest BCUT2D eigenvalue weighted by atomic mass is 10.2. The summed E-state index contributed by atoms with van der Waals surface area (Å²) in [6.45, 7) is 3.06. The van der Waals surface area contributed by atoms with Crippen LogP contribution in [0.1, 0.15) is 13.3 Å². The lowest BCUT2D eigenvalue weighted by molar-refractivity contribution is 0.568. The van der Waals surface area contributed by atoms with Crippen molar-refractivity contribution in [1.29, 1.82) is 0 Å². The highest BCUT2D eigenvalue weighted by Gasteiger charge is 2.03. The molecule has 74 valence electrons. The second kappa shape index (κ2) is 4.00. The van der Waals surface area contributed by atoms with Crippen LogP contribution in [-0.2, 0) is 0 Å². The molecule has 4 nitrogen and oxygen atoms in total. The van der Waals surface area contributed by atoms with E-state index in [9.17, 15) is 0 Å². The van der Waals surface area contributed by atoms with Crippen LogP contribution in [0, 0.1) is 0 Å². The van der Waals surface area contributed by atoms with Crippen molar-refractivity contribution in [1.82, 2.24) is 10.2 Å². The summed E-state index contributed by atoms with van der Waals surface area (Å²) in [4.78, 5) is 0. The quantitative estimate of drug-likeness (QED) is 0.780. The molecular weight excluding hydrogens is 178 g/mol. The Morgan fingerprint density at radius 3 is 3.21 bits per heavy atom. The van der Waals surface area contributed by atoms with E-state index in [4.69, 9.17) is 4.42 Å². The van der Waals surface area contributed by atoms with Crippen molar-refractivity contribution >= 4 is 5.82 Å². The second-order valence-electron chi connectivity index (χ2n) is 3.11. The van der Waals surface area contributed by atoms with Crippen LogP contribution in [-0.4, -0.2) is 16.7 Å². The minimum absolute atomic E-state index is 0.878. The van der Waals surface area contributed by atoms with E-state index in [1.54, 1.807) is 12.5 Å². The van der Waals surface area contributed by atoms with E-state index in [1.165, 1.54) is 0 Å². The Bertz CT molecular complexity index is 378. The van der Waals surface area contributed by atoms with E-state index in [0.717, 1.165) is 30.0 Å². The molecule has 0 radical (unpaired) electrons. The third-order valence-electron chi connectivity index (χ3n) is 1.97. The van der Waals surface area contributed by atoms with Crippen molar-refractivity contribution in [3.05, 3.63) is 24.7 Å². The zero-order valence-electron chi connectivity index (χ0n) is 8.08. The number of hydrogen-bond acceptors (Lipinski definition) is 3. The second-order valence-corrected chi connectivity index (χ2v) is 3.11. The first kappa shape index (κ1) is 8.87. The molecule has 0 aliphatic rings. The highest BCUT2D eigenvalue weighted by atomic mass is 16.3. The van der Waals surface area contributed by atoms with Crippen molar-refractivity contribution in [2.45, 2.75) is 13.3 Å². The van der Waals surface area contributed by atoms with Crippen molar-refractivity contribution in [3.8, 4) is 11.3 Å². The number of H-pyrrole nitrogens is 1. The minimum Gasteiger partial charge on any atom is -0.472 e. The highest BCUT2D eigenvalue weighted by molar-refractivity contribution is 5.61. The predicted octanol–water partition coefficient (Wildman–Crippen LogP) is 2.49. The van der Waals surface area contributed by atoms with E-state index < -0.39 is 0 Å². The standard InChI is InChI=1S/C10H13N3O/c1-2-4-11-10-6-9(12-13-10)8-3-5-14-7-8/h3,5-7H,2,4H2,1H3,(H2,11,12,13). The SMILES string of the molecule is CCCNc1cc(-c2ccoc2)[nH]n1. The fraction of sp³-hybridized carbons (Fsp3) is 0.300. The van der Waals surface area contributed by atoms with Gasteiger partial charge in [0.25, 0.3) is 0 Å². The first-order valence-electron chi connectivity index (χ1n) is 4.72. The number of rotatable bonds is 4. The van der Waals surface area contributed by atoms with E-state index >= 15 is 0 Å². The molecule has 0 saturated carbocycles. The third-order valence-corrected chi connectivity index (χ3v) is 1.97. The van der Waals surface area contributed by atoms with E-state index in [1.807, 2.05) is 12.1 Å². The molecule has 0 aromatic carbocycles. The summed E-state index contributed by atoms with van der Waals surface area (Å²) in [6.07, 6.45) is 4.43. The predicted molar refractivity (Wildman–Crippen MR) is 55.1 cm³/mol. The van der Waals surface area contributed by atoms with Gasteiger partial charge in [-0.25, -0.2) is 0 Å². The fourth-order valence-electron chi connectivity index (χ4n) is 1.23. The maximum Gasteiger partial charge on any atom is 0.148 e. The summed E-state index contributed by atoms with van der Waals surface area (Å²) in [5.74, 6) is 0.878. The normalized spacial score (nSPS) is 10.4. The summed E-state index contributed by atoms with van der Waals surface area (Å²) >= 11 is 0. The van der Waals surface area contributed by atoms with Gasteiger partial charge in [-0.2, -0.15) is 5.10 Å². The zero-order chi connectivity index (χ0) is 9.80. The Morgan fingerprint density at radius 2 is 2.50 bits per heavy atom. The third kappa shape index (κ3) is 1.79. The molecule has 0 unspecified atom stereocenters. The topological polar surface area (TPSA) is 53.9 Å². The van der Waals surface area contributed by atoms with Crippen LogP contribution >= 0.6 is 0 Å². The Kier molecular flexibility index (Phi) is 2.53. The number of furan rings is 1. The molecule has 4 heteroatoms. The number of hydrogen-bond donors (Lipinski definition) is 2. The molecule has 2 aromatic heterocycles. The number of nitrogens with zero attached hydrogens (tertiary/aromatic N) is 1. The molecule has 0 amide bonds. The largest absolute Gasteiger partial charge is 0.472 e. The van der Waals surface area contributed by atoms with Crippen molar-refractivity contribution < 1.29 is 4.42 Å². The molecular formula is C10H13N3O. The van der Waals surface area contributed by atoms with Crippen LogP contribution < -0.4 is 5.32 Å². The average Bonchev–Trinajstić information content (AvgIpc) is 2.85. The molecule has 0 atom stereocenters. The molecule has 2 rings (SSSR count). The molecule has 2 aromatic rings. The van der Waals surface area contributed by atoms with Crippen molar-refractivity contribution in [2.24, 2.45) is 0 Å². The fourth-order valence-corrected chi connectivity index (χ4v) is 1.23. The van der Waals surface area contributed by atoms with E-state index in [-0.39, 0.29) is 0 Å². The van der Waals surface area contributed by atoms with Gasteiger partial charge in [0.1, 0.15) is 5.82 Å². The molecule has 0 aliphatic heterocycles. The Balaban J connectivity index is 2.10. The van der Waals surface area contributed by atoms with E-state index in [2.05, 4.69) is 22.4 Å². The van der Waals surface area contributed by atoms with Gasteiger partial charge in [-0.1, -0.05) is 6.92 Å². The first-order valence-corrected chi connectivity index (χ1v) is 4.72. The van der Waals surface area contributed by atoms with Crippen LogP contribution in [0.15, 0.2) is 29.1 Å². The number of nitrogens with one attached hydrogen (secondary N) is 2. The zero-order valence-corrected chi connectivity index (χ0v) is 8.08. The number of aromatic amines is 1. The average molecular weight is 191 g/mol. The van der Waals surface area contributed by atoms with Gasteiger partial charge < -0.3 is 9.73 Å². The van der Waals surface area contributed by atoms with Gasteiger partial charge in [0, 0.05) is 18.2 Å². The summed E-state index contributed by atoms with van der Waals surface area (Å²) in [5, 5.41) is 10.3. The van der Waals surface area contributed by atoms with Gasteiger partial charge in [-0.05, 0) is 12.5 Å². The highest BCUT2D eigenvalue weighted by Crippen LogP contribution is 2.19. The molecule has 0 bridgehead atoms. The molecule has 0 saturated heterocycles. The maximum atomic E-state index is 4.99. The summed E-state index contributed by atoms with van der Waals surface area (Å²) in [7, 11) is 0. The van der Waals surface area contributed by atoms with Crippen LogP contribution in [0.5, 0.6) is 0 Å². The minimum atomic E-state index is 0.878. The molecule has 0 aliphatic carbocycles. The molecule has 14 heavy (non-hydrogen) atoms. The van der Waals surface area contributed by atoms with Crippen LogP contribution in [0.2, 0.25) is 0 Å². The van der Waals surface area contributed by atoms with Gasteiger partial charge in [0.2, 0.25) is 0 Å². The van der Waals surface area contributed by atoms with Crippen molar-refractivity contribution in [3.63, 3.8) is 0 Å². The smallest absolute Gasteiger partial charge is 0.148 e. The van der Waals surface area contributed by atoms with Crippen molar-refractivity contribution in [2.75, 3.05) is 11.9 Å². The molecule has 2 heterocycles. The summed E-state index contributed by atoms with van der Waals surface area (Å²) in [6, 6.07) is 3.87. The number of anilines is 1. The maximum absolute atomic E-state index is 4.99. The summed E-state index contributed by atoms with van der Waals surface area (Å²) in [5.41, 5.74) is 1.99. The molecule has 2 N–H and O–H groups in total. The monoisotopic (exact) mass is 191 g/mol. The van der Waals surface area contributed by atoms with Gasteiger partial charge in [-0.15, -0.1) is 0 Å². The van der Waals surface area contributed by atoms with Crippen LogP contribution in [0.4, 0.5) is 5.82 Å². The van der Waals surface area contributed by atoms with Gasteiger partial charge in [-0.3, -0.25) is 5.10 Å². The summed E-state index contributed by atoms with van der Waals surface area (Å²) < 4.78 is 4.99. The molecule has 0 fully saturated rings. The Labute approximate surface area is 82.3 Å².